The molecular formula is C10H14N2O2. The monoisotopic (exact) mass is 194 g/mol. The third-order valence-corrected chi connectivity index (χ3v) is 2.01. The molecule has 0 amide bonds. The van der Waals surface area contributed by atoms with E-state index >= 15 is 0 Å². The molecule has 4 nitrogen and oxygen atoms in total. The number of nitrogens with zero attached hydrogens (tertiary/aromatic N) is 1. The van der Waals surface area contributed by atoms with E-state index in [4.69, 9.17) is 5.11 Å². The lowest BCUT2D eigenvalue weighted by Gasteiger charge is -2.10. The molecule has 4 heteroatoms. The molecule has 0 bridgehead atoms. The van der Waals surface area contributed by atoms with E-state index in [9.17, 15) is 4.79 Å². The Labute approximate surface area is 83.0 Å². The minimum absolute atomic E-state index is 0.396. The lowest BCUT2D eigenvalue weighted by molar-refractivity contribution is -0.140. The van der Waals surface area contributed by atoms with Gasteiger partial charge in [-0.2, -0.15) is 0 Å². The van der Waals surface area contributed by atoms with Crippen molar-refractivity contribution in [1.82, 2.24) is 4.98 Å². The number of hydrogen-bond acceptors (Lipinski definition) is 3. The lowest BCUT2D eigenvalue weighted by atomic mass is 10.2. The van der Waals surface area contributed by atoms with Crippen LogP contribution in [-0.2, 0) is 4.79 Å². The molecule has 1 aromatic rings. The van der Waals surface area contributed by atoms with Crippen molar-refractivity contribution in [3.8, 4) is 0 Å². The fraction of sp³-hybridized carbons (Fsp3) is 0.400. The SMILES string of the molecule is Cc1cccnc1NCC(C)C(=O)O. The molecule has 0 saturated heterocycles. The maximum absolute atomic E-state index is 10.5. The highest BCUT2D eigenvalue weighted by molar-refractivity contribution is 5.70. The van der Waals surface area contributed by atoms with Crippen LogP contribution in [0.5, 0.6) is 0 Å². The summed E-state index contributed by atoms with van der Waals surface area (Å²) in [6.07, 6.45) is 1.68. The Balaban J connectivity index is 2.54. The van der Waals surface area contributed by atoms with E-state index in [1.54, 1.807) is 13.1 Å². The third kappa shape index (κ3) is 2.73. The first-order valence-electron chi connectivity index (χ1n) is 4.49. The zero-order valence-electron chi connectivity index (χ0n) is 8.32. The number of nitrogens with one attached hydrogen (secondary N) is 1. The molecule has 0 aromatic carbocycles. The Morgan fingerprint density at radius 2 is 2.43 bits per heavy atom. The van der Waals surface area contributed by atoms with Crippen molar-refractivity contribution >= 4 is 11.8 Å². The Morgan fingerprint density at radius 1 is 1.71 bits per heavy atom. The Kier molecular flexibility index (Phi) is 3.45. The topological polar surface area (TPSA) is 62.2 Å². The van der Waals surface area contributed by atoms with Gasteiger partial charge in [-0.3, -0.25) is 4.79 Å². The van der Waals surface area contributed by atoms with Crippen LogP contribution in [0.3, 0.4) is 0 Å². The van der Waals surface area contributed by atoms with Crippen molar-refractivity contribution in [3.63, 3.8) is 0 Å². The average Bonchev–Trinajstić information content (AvgIpc) is 2.16. The fourth-order valence-corrected chi connectivity index (χ4v) is 1.01. The molecule has 0 aliphatic carbocycles. The van der Waals surface area contributed by atoms with Gasteiger partial charge in [-0.05, 0) is 18.6 Å². The summed E-state index contributed by atoms with van der Waals surface area (Å²) in [5.74, 6) is -0.455. The number of hydrogen-bond donors (Lipinski definition) is 2. The molecule has 1 heterocycles. The van der Waals surface area contributed by atoms with E-state index in [0.717, 1.165) is 11.4 Å². The Hall–Kier alpha value is -1.58. The van der Waals surface area contributed by atoms with Crippen LogP contribution in [0, 0.1) is 12.8 Å². The first-order chi connectivity index (χ1) is 6.61. The van der Waals surface area contributed by atoms with Gasteiger partial charge in [-0.1, -0.05) is 13.0 Å². The van der Waals surface area contributed by atoms with E-state index in [0.29, 0.717) is 6.54 Å². The van der Waals surface area contributed by atoms with Crippen molar-refractivity contribution in [1.29, 1.82) is 0 Å². The van der Waals surface area contributed by atoms with E-state index in [1.807, 2.05) is 19.1 Å². The van der Waals surface area contributed by atoms with Crippen LogP contribution >= 0.6 is 0 Å². The summed E-state index contributed by atoms with van der Waals surface area (Å²) < 4.78 is 0. The van der Waals surface area contributed by atoms with Crippen molar-refractivity contribution in [2.24, 2.45) is 5.92 Å². The largest absolute Gasteiger partial charge is 0.481 e. The molecule has 0 spiro atoms. The quantitative estimate of drug-likeness (QED) is 0.762. The van der Waals surface area contributed by atoms with Crippen molar-refractivity contribution in [2.75, 3.05) is 11.9 Å². The van der Waals surface area contributed by atoms with Gasteiger partial charge in [0, 0.05) is 12.7 Å². The van der Waals surface area contributed by atoms with Gasteiger partial charge in [0.25, 0.3) is 0 Å². The molecule has 1 unspecified atom stereocenters. The predicted molar refractivity (Wildman–Crippen MR) is 54.3 cm³/mol. The number of rotatable bonds is 4. The van der Waals surface area contributed by atoms with Gasteiger partial charge >= 0.3 is 5.97 Å². The number of pyridine rings is 1. The number of carboxylic acid groups (broad SMARTS) is 1. The molecule has 0 aliphatic rings. The number of aliphatic carboxylic acids is 1. The highest BCUT2D eigenvalue weighted by Crippen LogP contribution is 2.09. The highest BCUT2D eigenvalue weighted by Gasteiger charge is 2.10. The van der Waals surface area contributed by atoms with Crippen LogP contribution in [0.25, 0.3) is 0 Å². The molecule has 1 rings (SSSR count). The van der Waals surface area contributed by atoms with Gasteiger partial charge in [-0.15, -0.1) is 0 Å². The first kappa shape index (κ1) is 10.5. The van der Waals surface area contributed by atoms with Crippen LogP contribution in [0.4, 0.5) is 5.82 Å². The van der Waals surface area contributed by atoms with Gasteiger partial charge in [0.15, 0.2) is 0 Å². The van der Waals surface area contributed by atoms with Gasteiger partial charge in [0.2, 0.25) is 0 Å². The van der Waals surface area contributed by atoms with E-state index in [2.05, 4.69) is 10.3 Å². The van der Waals surface area contributed by atoms with Crippen molar-refractivity contribution in [3.05, 3.63) is 23.9 Å². The summed E-state index contributed by atoms with van der Waals surface area (Å²) in [4.78, 5) is 14.7. The maximum atomic E-state index is 10.5. The number of aromatic nitrogens is 1. The third-order valence-electron chi connectivity index (χ3n) is 2.01. The lowest BCUT2D eigenvalue weighted by Crippen LogP contribution is -2.20. The van der Waals surface area contributed by atoms with Crippen LogP contribution in [0.1, 0.15) is 12.5 Å². The Bertz CT molecular complexity index is 326. The van der Waals surface area contributed by atoms with Gasteiger partial charge in [-0.25, -0.2) is 4.98 Å². The average molecular weight is 194 g/mol. The predicted octanol–water partition coefficient (Wildman–Crippen LogP) is 1.52. The van der Waals surface area contributed by atoms with Crippen molar-refractivity contribution in [2.45, 2.75) is 13.8 Å². The molecule has 2 N–H and O–H groups in total. The summed E-state index contributed by atoms with van der Waals surface area (Å²) in [5.41, 5.74) is 1.02. The molecule has 76 valence electrons. The number of carbonyl (C=O) groups is 1. The van der Waals surface area contributed by atoms with Gasteiger partial charge in [0.1, 0.15) is 5.82 Å². The van der Waals surface area contributed by atoms with Crippen LogP contribution in [0.15, 0.2) is 18.3 Å². The Morgan fingerprint density at radius 3 is 3.00 bits per heavy atom. The normalized spacial score (nSPS) is 12.1. The molecule has 14 heavy (non-hydrogen) atoms. The number of carboxylic acids is 1. The van der Waals surface area contributed by atoms with Gasteiger partial charge < -0.3 is 10.4 Å². The summed E-state index contributed by atoms with van der Waals surface area (Å²) in [6.45, 7) is 3.99. The standard InChI is InChI=1S/C10H14N2O2/c1-7-4-3-5-11-9(7)12-6-8(2)10(13)14/h3-5,8H,6H2,1-2H3,(H,11,12)(H,13,14). The van der Waals surface area contributed by atoms with Gasteiger partial charge in [0.05, 0.1) is 5.92 Å². The smallest absolute Gasteiger partial charge is 0.308 e. The molecule has 0 aliphatic heterocycles. The summed E-state index contributed by atoms with van der Waals surface area (Å²) in [7, 11) is 0. The fourth-order valence-electron chi connectivity index (χ4n) is 1.01. The second-order valence-corrected chi connectivity index (χ2v) is 3.29. The van der Waals surface area contributed by atoms with Crippen LogP contribution in [0.2, 0.25) is 0 Å². The highest BCUT2D eigenvalue weighted by atomic mass is 16.4. The second-order valence-electron chi connectivity index (χ2n) is 3.29. The summed E-state index contributed by atoms with van der Waals surface area (Å²) in [6, 6.07) is 3.78. The summed E-state index contributed by atoms with van der Waals surface area (Å²) in [5, 5.41) is 11.7. The minimum atomic E-state index is -0.800. The number of anilines is 1. The minimum Gasteiger partial charge on any atom is -0.481 e. The van der Waals surface area contributed by atoms with E-state index < -0.39 is 11.9 Å². The van der Waals surface area contributed by atoms with E-state index in [1.165, 1.54) is 0 Å². The zero-order chi connectivity index (χ0) is 10.6. The number of aryl methyl sites for hydroxylation is 1. The molecule has 1 atom stereocenters. The molecule has 0 fully saturated rings. The molecule has 1 aromatic heterocycles. The van der Waals surface area contributed by atoms with Crippen LogP contribution < -0.4 is 5.32 Å². The second kappa shape index (κ2) is 4.60. The van der Waals surface area contributed by atoms with E-state index in [-0.39, 0.29) is 0 Å². The zero-order valence-corrected chi connectivity index (χ0v) is 8.32. The first-order valence-corrected chi connectivity index (χ1v) is 4.49. The van der Waals surface area contributed by atoms with Crippen LogP contribution in [-0.4, -0.2) is 22.6 Å². The maximum Gasteiger partial charge on any atom is 0.308 e. The molecule has 0 saturated carbocycles. The van der Waals surface area contributed by atoms with Crippen molar-refractivity contribution < 1.29 is 9.90 Å². The summed E-state index contributed by atoms with van der Waals surface area (Å²) >= 11 is 0. The molecule has 0 radical (unpaired) electrons. The molecular weight excluding hydrogens is 180 g/mol.